The van der Waals surface area contributed by atoms with E-state index in [2.05, 4.69) is 0 Å². The average molecular weight is 410 g/mol. The van der Waals surface area contributed by atoms with E-state index in [0.29, 0.717) is 22.2 Å². The van der Waals surface area contributed by atoms with Gasteiger partial charge in [0.2, 0.25) is 0 Å². The molecule has 2 unspecified atom stereocenters. The zero-order chi connectivity index (χ0) is 19.4. The summed E-state index contributed by atoms with van der Waals surface area (Å²) in [7, 11) is 0. The fourth-order valence-corrected chi connectivity index (χ4v) is 3.36. The van der Waals surface area contributed by atoms with E-state index in [9.17, 15) is 14.9 Å². The van der Waals surface area contributed by atoms with Gasteiger partial charge >= 0.3 is 5.97 Å². The van der Waals surface area contributed by atoms with Crippen molar-refractivity contribution in [3.05, 3.63) is 68.2 Å². The second kappa shape index (κ2) is 8.69. The van der Waals surface area contributed by atoms with Gasteiger partial charge in [-0.3, -0.25) is 14.9 Å². The van der Waals surface area contributed by atoms with Crippen molar-refractivity contribution >= 4 is 34.9 Å². The zero-order valence-electron chi connectivity index (χ0n) is 14.3. The molecular weight excluding hydrogens is 393 g/mol. The Balaban J connectivity index is 1.85. The summed E-state index contributed by atoms with van der Waals surface area (Å²) in [4.78, 5) is 23.2. The number of halogens is 2. The lowest BCUT2D eigenvalue weighted by atomic mass is 9.89. The van der Waals surface area contributed by atoms with Crippen molar-refractivity contribution in [2.24, 2.45) is 0 Å². The maximum Gasteiger partial charge on any atom is 0.321 e. The molecule has 0 aliphatic carbocycles. The van der Waals surface area contributed by atoms with E-state index in [1.54, 1.807) is 18.2 Å². The summed E-state index contributed by atoms with van der Waals surface area (Å²) in [6, 6.07) is 10.4. The number of carbonyl (C=O) groups is 1. The van der Waals surface area contributed by atoms with Crippen molar-refractivity contribution in [2.45, 2.75) is 31.3 Å². The molecule has 2 aromatic rings. The number of nitrogens with zero attached hydrogens (tertiary/aromatic N) is 1. The van der Waals surface area contributed by atoms with Crippen LogP contribution in [-0.2, 0) is 9.53 Å². The largest absolute Gasteiger partial charge is 0.426 e. The number of benzene rings is 2. The fourth-order valence-electron chi connectivity index (χ4n) is 3.05. The molecule has 2 atom stereocenters. The topological polar surface area (TPSA) is 78.7 Å². The molecule has 1 fully saturated rings. The summed E-state index contributed by atoms with van der Waals surface area (Å²) in [5.41, 5.74) is 0.578. The van der Waals surface area contributed by atoms with E-state index in [4.69, 9.17) is 32.7 Å². The predicted molar refractivity (Wildman–Crippen MR) is 102 cm³/mol. The minimum Gasteiger partial charge on any atom is -0.426 e. The quantitative estimate of drug-likeness (QED) is 0.295. The van der Waals surface area contributed by atoms with Crippen LogP contribution >= 0.6 is 23.2 Å². The van der Waals surface area contributed by atoms with Crippen LogP contribution in [0.25, 0.3) is 0 Å². The van der Waals surface area contributed by atoms with Gasteiger partial charge in [-0.25, -0.2) is 0 Å². The van der Waals surface area contributed by atoms with E-state index in [-0.39, 0.29) is 17.5 Å². The number of ether oxygens (including phenoxy) is 2. The molecule has 1 saturated heterocycles. The van der Waals surface area contributed by atoms with Gasteiger partial charge in [0.15, 0.2) is 0 Å². The Labute approximate surface area is 166 Å². The van der Waals surface area contributed by atoms with Crippen LogP contribution in [0.15, 0.2) is 42.5 Å². The molecule has 1 aliphatic rings. The lowest BCUT2D eigenvalue weighted by Crippen LogP contribution is -2.34. The standard InChI is InChI=1S/C19H17Cl2NO5/c20-15-9-4-12(11-16(15)21)18(17-3-1-2-10-26-17)19(23)27-14-7-5-13(6-8-14)22(24)25/h4-9,11,17-18H,1-3,10H2. The van der Waals surface area contributed by atoms with Gasteiger partial charge in [0, 0.05) is 18.7 Å². The number of esters is 1. The smallest absolute Gasteiger partial charge is 0.321 e. The summed E-state index contributed by atoms with van der Waals surface area (Å²) in [5, 5.41) is 11.5. The maximum atomic E-state index is 12.9. The summed E-state index contributed by atoms with van der Waals surface area (Å²) in [6.45, 7) is 0.577. The first-order valence-electron chi connectivity index (χ1n) is 8.48. The number of hydrogen-bond donors (Lipinski definition) is 0. The predicted octanol–water partition coefficient (Wildman–Crippen LogP) is 5.16. The third kappa shape index (κ3) is 4.77. The lowest BCUT2D eigenvalue weighted by molar-refractivity contribution is -0.384. The minimum atomic E-state index is -0.671. The summed E-state index contributed by atoms with van der Waals surface area (Å²) in [6.07, 6.45) is 2.29. The van der Waals surface area contributed by atoms with E-state index in [1.807, 2.05) is 0 Å². The highest BCUT2D eigenvalue weighted by Gasteiger charge is 2.34. The van der Waals surface area contributed by atoms with Gasteiger partial charge in [-0.15, -0.1) is 0 Å². The first-order valence-corrected chi connectivity index (χ1v) is 9.24. The molecule has 1 aliphatic heterocycles. The zero-order valence-corrected chi connectivity index (χ0v) is 15.8. The second-order valence-electron chi connectivity index (χ2n) is 6.23. The molecule has 0 saturated carbocycles. The number of nitro benzene ring substituents is 1. The Morgan fingerprint density at radius 1 is 1.15 bits per heavy atom. The van der Waals surface area contributed by atoms with Crippen molar-refractivity contribution in [3.63, 3.8) is 0 Å². The third-order valence-corrected chi connectivity index (χ3v) is 5.15. The average Bonchev–Trinajstić information content (AvgIpc) is 2.66. The van der Waals surface area contributed by atoms with Crippen molar-refractivity contribution in [1.29, 1.82) is 0 Å². The molecule has 0 radical (unpaired) electrons. The molecule has 27 heavy (non-hydrogen) atoms. The number of hydrogen-bond acceptors (Lipinski definition) is 5. The van der Waals surface area contributed by atoms with E-state index >= 15 is 0 Å². The van der Waals surface area contributed by atoms with E-state index in [0.717, 1.165) is 19.3 Å². The Morgan fingerprint density at radius 2 is 1.89 bits per heavy atom. The van der Waals surface area contributed by atoms with Crippen LogP contribution in [0.2, 0.25) is 10.0 Å². The molecule has 2 aromatic carbocycles. The van der Waals surface area contributed by atoms with Gasteiger partial charge in [-0.2, -0.15) is 0 Å². The molecule has 142 valence electrons. The Hall–Kier alpha value is -2.15. The first-order chi connectivity index (χ1) is 13.0. The van der Waals surface area contributed by atoms with Gasteiger partial charge < -0.3 is 9.47 Å². The highest BCUT2D eigenvalue weighted by molar-refractivity contribution is 6.42. The fraction of sp³-hybridized carbons (Fsp3) is 0.316. The summed E-state index contributed by atoms with van der Waals surface area (Å²) in [5.74, 6) is -0.948. The van der Waals surface area contributed by atoms with Gasteiger partial charge in [0.1, 0.15) is 11.7 Å². The van der Waals surface area contributed by atoms with Crippen LogP contribution in [0, 0.1) is 10.1 Å². The van der Waals surface area contributed by atoms with Crippen molar-refractivity contribution in [1.82, 2.24) is 0 Å². The highest BCUT2D eigenvalue weighted by atomic mass is 35.5. The molecule has 6 nitrogen and oxygen atoms in total. The van der Waals surface area contributed by atoms with E-state index in [1.165, 1.54) is 24.3 Å². The summed E-state index contributed by atoms with van der Waals surface area (Å²) < 4.78 is 11.3. The highest BCUT2D eigenvalue weighted by Crippen LogP contribution is 2.34. The van der Waals surface area contributed by atoms with Crippen molar-refractivity contribution in [3.8, 4) is 5.75 Å². The van der Waals surface area contributed by atoms with Crippen LogP contribution < -0.4 is 4.74 Å². The van der Waals surface area contributed by atoms with Crippen molar-refractivity contribution < 1.29 is 19.2 Å². The first kappa shape index (κ1) is 19.6. The molecule has 1 heterocycles. The van der Waals surface area contributed by atoms with Crippen molar-refractivity contribution in [2.75, 3.05) is 6.61 Å². The molecular formula is C19H17Cl2NO5. The third-order valence-electron chi connectivity index (χ3n) is 4.41. The summed E-state index contributed by atoms with van der Waals surface area (Å²) >= 11 is 12.1. The number of rotatable bonds is 5. The van der Waals surface area contributed by atoms with Crippen LogP contribution in [0.1, 0.15) is 30.7 Å². The minimum absolute atomic E-state index is 0.0774. The molecule has 0 aromatic heterocycles. The Kier molecular flexibility index (Phi) is 6.31. The molecule has 0 N–H and O–H groups in total. The molecule has 3 rings (SSSR count). The SMILES string of the molecule is O=C(Oc1ccc([N+](=O)[O-])cc1)C(c1ccc(Cl)c(Cl)c1)C1CCCCO1. The molecule has 8 heteroatoms. The van der Waals surface area contributed by atoms with Gasteiger partial charge in [0.25, 0.3) is 5.69 Å². The maximum absolute atomic E-state index is 12.9. The van der Waals surface area contributed by atoms with Gasteiger partial charge in [0.05, 0.1) is 21.1 Å². The number of nitro groups is 1. The normalized spacial score (nSPS) is 17.9. The number of carbonyl (C=O) groups excluding carboxylic acids is 1. The molecule has 0 amide bonds. The van der Waals surface area contributed by atoms with Crippen LogP contribution in [0.3, 0.4) is 0 Å². The number of non-ortho nitro benzene ring substituents is 1. The lowest BCUT2D eigenvalue weighted by Gasteiger charge is -2.29. The van der Waals surface area contributed by atoms with Crippen LogP contribution in [0.4, 0.5) is 5.69 Å². The Morgan fingerprint density at radius 3 is 2.48 bits per heavy atom. The molecule has 0 bridgehead atoms. The van der Waals surface area contributed by atoms with Gasteiger partial charge in [-0.1, -0.05) is 29.3 Å². The van der Waals surface area contributed by atoms with E-state index < -0.39 is 16.8 Å². The molecule has 0 spiro atoms. The monoisotopic (exact) mass is 409 g/mol. The Bertz CT molecular complexity index is 834. The van der Waals surface area contributed by atoms with Crippen LogP contribution in [-0.4, -0.2) is 23.6 Å². The second-order valence-corrected chi connectivity index (χ2v) is 7.04. The van der Waals surface area contributed by atoms with Crippen LogP contribution in [0.5, 0.6) is 5.75 Å². The van der Waals surface area contributed by atoms with Gasteiger partial charge in [-0.05, 0) is 49.1 Å².